The van der Waals surface area contributed by atoms with E-state index in [9.17, 15) is 4.21 Å². The van der Waals surface area contributed by atoms with Crippen LogP contribution in [0.2, 0.25) is 0 Å². The highest BCUT2D eigenvalue weighted by Crippen LogP contribution is 2.04. The quantitative estimate of drug-likeness (QED) is 0.686. The smallest absolute Gasteiger partial charge is 0.0391 e. The molecule has 80 valence electrons. The van der Waals surface area contributed by atoms with Gasteiger partial charge < -0.3 is 5.32 Å². The minimum absolute atomic E-state index is 0.414. The number of hydrogen-bond acceptors (Lipinski definition) is 2. The minimum atomic E-state index is -0.635. The Morgan fingerprint density at radius 1 is 1.31 bits per heavy atom. The number of rotatable bonds is 7. The summed E-state index contributed by atoms with van der Waals surface area (Å²) in [6.45, 7) is 9.49. The summed E-state index contributed by atoms with van der Waals surface area (Å²) >= 11 is 0. The largest absolute Gasteiger partial charge is 0.313 e. The van der Waals surface area contributed by atoms with Crippen molar-refractivity contribution in [1.29, 1.82) is 0 Å². The van der Waals surface area contributed by atoms with Crippen molar-refractivity contribution in [3.63, 3.8) is 0 Å². The van der Waals surface area contributed by atoms with Gasteiger partial charge >= 0.3 is 0 Å². The van der Waals surface area contributed by atoms with E-state index in [-0.39, 0.29) is 0 Å². The monoisotopic (exact) mass is 205 g/mol. The fourth-order valence-electron chi connectivity index (χ4n) is 1.26. The third-order valence-corrected chi connectivity index (χ3v) is 3.66. The van der Waals surface area contributed by atoms with Gasteiger partial charge in [-0.25, -0.2) is 0 Å². The zero-order valence-corrected chi connectivity index (χ0v) is 10.1. The molecule has 0 aromatic heterocycles. The molecule has 3 heteroatoms. The van der Waals surface area contributed by atoms with E-state index in [4.69, 9.17) is 0 Å². The molecule has 0 fully saturated rings. The van der Waals surface area contributed by atoms with E-state index in [2.05, 4.69) is 33.0 Å². The lowest BCUT2D eigenvalue weighted by Crippen LogP contribution is -2.38. The Labute approximate surface area is 84.9 Å². The van der Waals surface area contributed by atoms with Gasteiger partial charge in [-0.05, 0) is 18.9 Å². The van der Waals surface area contributed by atoms with E-state index in [0.717, 1.165) is 24.5 Å². The molecule has 0 radical (unpaired) electrons. The van der Waals surface area contributed by atoms with Crippen molar-refractivity contribution in [3.8, 4) is 0 Å². The van der Waals surface area contributed by atoms with Crippen molar-refractivity contribution in [2.45, 2.75) is 40.2 Å². The van der Waals surface area contributed by atoms with Gasteiger partial charge in [-0.2, -0.15) is 0 Å². The zero-order valence-electron chi connectivity index (χ0n) is 9.30. The lowest BCUT2D eigenvalue weighted by Gasteiger charge is -2.20. The second-order valence-electron chi connectivity index (χ2n) is 3.72. The Morgan fingerprint density at radius 2 is 1.92 bits per heavy atom. The van der Waals surface area contributed by atoms with E-state index in [0.29, 0.717) is 12.0 Å². The molecule has 0 spiro atoms. The first-order valence-electron chi connectivity index (χ1n) is 5.20. The third-order valence-electron chi connectivity index (χ3n) is 2.07. The summed E-state index contributed by atoms with van der Waals surface area (Å²) in [7, 11) is -0.635. The summed E-state index contributed by atoms with van der Waals surface area (Å²) in [4.78, 5) is 0. The molecule has 2 atom stereocenters. The molecule has 2 nitrogen and oxygen atoms in total. The van der Waals surface area contributed by atoms with Crippen LogP contribution < -0.4 is 5.32 Å². The number of nitrogens with one attached hydrogen (secondary N) is 1. The van der Waals surface area contributed by atoms with Crippen LogP contribution in [-0.2, 0) is 10.8 Å². The molecule has 0 aromatic rings. The highest BCUT2D eigenvalue weighted by molar-refractivity contribution is 7.85. The van der Waals surface area contributed by atoms with Gasteiger partial charge in [0.25, 0.3) is 0 Å². The van der Waals surface area contributed by atoms with E-state index >= 15 is 0 Å². The summed E-state index contributed by atoms with van der Waals surface area (Å²) in [5, 5.41) is 3.38. The Bertz CT molecular complexity index is 148. The average molecular weight is 205 g/mol. The van der Waals surface area contributed by atoms with Gasteiger partial charge in [0.1, 0.15) is 0 Å². The molecule has 0 aromatic carbocycles. The van der Waals surface area contributed by atoms with Gasteiger partial charge in [-0.15, -0.1) is 0 Å². The molecule has 0 saturated heterocycles. The van der Waals surface area contributed by atoms with Gasteiger partial charge in [0.2, 0.25) is 0 Å². The minimum Gasteiger partial charge on any atom is -0.313 e. The summed E-state index contributed by atoms with van der Waals surface area (Å²) in [5.74, 6) is 2.22. The fraction of sp³-hybridized carbons (Fsp3) is 1.00. The maximum atomic E-state index is 11.5. The molecule has 13 heavy (non-hydrogen) atoms. The van der Waals surface area contributed by atoms with Crippen LogP contribution >= 0.6 is 0 Å². The van der Waals surface area contributed by atoms with Gasteiger partial charge in [-0.1, -0.05) is 27.7 Å². The summed E-state index contributed by atoms with van der Waals surface area (Å²) < 4.78 is 11.5. The number of hydrogen-bond donors (Lipinski definition) is 1. The van der Waals surface area contributed by atoms with Crippen LogP contribution in [0.25, 0.3) is 0 Å². The normalized spacial score (nSPS) is 16.1. The zero-order chi connectivity index (χ0) is 10.3. The highest BCUT2D eigenvalue weighted by atomic mass is 32.2. The second kappa shape index (κ2) is 7.51. The predicted molar refractivity (Wildman–Crippen MR) is 60.5 cm³/mol. The van der Waals surface area contributed by atoms with Crippen LogP contribution in [0.4, 0.5) is 0 Å². The molecule has 0 saturated carbocycles. The SMILES string of the molecule is CCCS(=O)CC(NCC)C(C)C. The van der Waals surface area contributed by atoms with Crippen molar-refractivity contribution in [3.05, 3.63) is 0 Å². The standard InChI is InChI=1S/C10H23NOS/c1-5-7-13(12)8-10(9(3)4)11-6-2/h9-11H,5-8H2,1-4H3. The Balaban J connectivity index is 3.86. The molecule has 0 bridgehead atoms. The maximum absolute atomic E-state index is 11.5. The molecule has 2 unspecified atom stereocenters. The molecule has 0 aliphatic carbocycles. The molecule has 0 rings (SSSR count). The molecule has 0 aliphatic rings. The average Bonchev–Trinajstić information content (AvgIpc) is 2.04. The topological polar surface area (TPSA) is 29.1 Å². The molecule has 0 aliphatic heterocycles. The lowest BCUT2D eigenvalue weighted by atomic mass is 10.1. The first-order chi connectivity index (χ1) is 6.11. The summed E-state index contributed by atoms with van der Waals surface area (Å²) in [6.07, 6.45) is 1.02. The Morgan fingerprint density at radius 3 is 2.31 bits per heavy atom. The van der Waals surface area contributed by atoms with Crippen LogP contribution in [0, 0.1) is 5.92 Å². The summed E-state index contributed by atoms with van der Waals surface area (Å²) in [5.41, 5.74) is 0. The van der Waals surface area contributed by atoms with Gasteiger partial charge in [0.05, 0.1) is 0 Å². The van der Waals surface area contributed by atoms with Crippen LogP contribution in [0.15, 0.2) is 0 Å². The maximum Gasteiger partial charge on any atom is 0.0391 e. The van der Waals surface area contributed by atoms with E-state index in [1.54, 1.807) is 0 Å². The fourth-order valence-corrected chi connectivity index (χ4v) is 2.79. The van der Waals surface area contributed by atoms with E-state index in [1.807, 2.05) is 0 Å². The first-order valence-corrected chi connectivity index (χ1v) is 6.68. The van der Waals surface area contributed by atoms with Crippen LogP contribution in [-0.4, -0.2) is 28.3 Å². The van der Waals surface area contributed by atoms with Gasteiger partial charge in [0.15, 0.2) is 0 Å². The highest BCUT2D eigenvalue weighted by Gasteiger charge is 2.14. The molecular formula is C10H23NOS. The summed E-state index contributed by atoms with van der Waals surface area (Å²) in [6, 6.07) is 0.414. The van der Waals surface area contributed by atoms with Gasteiger partial charge in [-0.3, -0.25) is 4.21 Å². The molecule has 1 N–H and O–H groups in total. The second-order valence-corrected chi connectivity index (χ2v) is 5.34. The third kappa shape index (κ3) is 6.22. The van der Waals surface area contributed by atoms with Crippen molar-refractivity contribution < 1.29 is 4.21 Å². The van der Waals surface area contributed by atoms with Crippen molar-refractivity contribution in [2.24, 2.45) is 5.92 Å². The molecule has 0 heterocycles. The van der Waals surface area contributed by atoms with Crippen molar-refractivity contribution in [1.82, 2.24) is 5.32 Å². The van der Waals surface area contributed by atoms with Crippen molar-refractivity contribution in [2.75, 3.05) is 18.1 Å². The lowest BCUT2D eigenvalue weighted by molar-refractivity contribution is 0.440. The van der Waals surface area contributed by atoms with Crippen molar-refractivity contribution >= 4 is 10.8 Å². The van der Waals surface area contributed by atoms with Crippen LogP contribution in [0.1, 0.15) is 34.1 Å². The van der Waals surface area contributed by atoms with Gasteiger partial charge in [0, 0.05) is 28.3 Å². The first kappa shape index (κ1) is 13.1. The van der Waals surface area contributed by atoms with E-state index in [1.165, 1.54) is 0 Å². The Kier molecular flexibility index (Phi) is 7.57. The predicted octanol–water partition coefficient (Wildman–Crippen LogP) is 1.78. The van der Waals surface area contributed by atoms with Crippen LogP contribution in [0.3, 0.4) is 0 Å². The van der Waals surface area contributed by atoms with Crippen LogP contribution in [0.5, 0.6) is 0 Å². The Hall–Kier alpha value is 0.110. The molecule has 0 amide bonds. The van der Waals surface area contributed by atoms with E-state index < -0.39 is 10.8 Å². The molecular weight excluding hydrogens is 182 g/mol.